The van der Waals surface area contributed by atoms with Crippen LogP contribution in [0.2, 0.25) is 0 Å². The number of aliphatic hydroxyl groups is 1. The van der Waals surface area contributed by atoms with E-state index >= 15 is 0 Å². The summed E-state index contributed by atoms with van der Waals surface area (Å²) in [6.45, 7) is 0.0960. The Kier molecular flexibility index (Phi) is 4.52. The predicted molar refractivity (Wildman–Crippen MR) is 61.8 cm³/mol. The molecule has 0 heterocycles. The van der Waals surface area contributed by atoms with Crippen LogP contribution in [-0.2, 0) is 0 Å². The zero-order chi connectivity index (χ0) is 11.3. The van der Waals surface area contributed by atoms with Gasteiger partial charge in [-0.3, -0.25) is 0 Å². The third kappa shape index (κ3) is 3.49. The summed E-state index contributed by atoms with van der Waals surface area (Å²) >= 11 is 3.17. The third-order valence-electron chi connectivity index (χ3n) is 1.83. The number of aliphatic hydroxyl groups excluding tert-OH is 1. The van der Waals surface area contributed by atoms with Crippen LogP contribution in [-0.4, -0.2) is 22.8 Å². The fourth-order valence-corrected chi connectivity index (χ4v) is 1.52. The molecule has 3 nitrogen and oxygen atoms in total. The SMILES string of the molecule is O=C(O)c1cc(C=CCCO)ccc1Br. The summed E-state index contributed by atoms with van der Waals surface area (Å²) in [5, 5.41) is 17.4. The van der Waals surface area contributed by atoms with E-state index < -0.39 is 5.97 Å². The molecule has 80 valence electrons. The zero-order valence-electron chi connectivity index (χ0n) is 7.98. The van der Waals surface area contributed by atoms with Crippen molar-refractivity contribution >= 4 is 28.0 Å². The molecule has 1 rings (SSSR count). The van der Waals surface area contributed by atoms with Crippen molar-refractivity contribution in [1.29, 1.82) is 0 Å². The second-order valence-electron chi connectivity index (χ2n) is 2.96. The van der Waals surface area contributed by atoms with Crippen molar-refractivity contribution in [3.63, 3.8) is 0 Å². The van der Waals surface area contributed by atoms with E-state index in [4.69, 9.17) is 10.2 Å². The molecule has 0 saturated heterocycles. The minimum absolute atomic E-state index is 0.0960. The van der Waals surface area contributed by atoms with Crippen molar-refractivity contribution < 1.29 is 15.0 Å². The summed E-state index contributed by atoms with van der Waals surface area (Å²) in [7, 11) is 0. The number of carboxylic acids is 1. The Morgan fingerprint density at radius 3 is 2.80 bits per heavy atom. The number of hydrogen-bond donors (Lipinski definition) is 2. The first kappa shape index (κ1) is 11.9. The smallest absolute Gasteiger partial charge is 0.336 e. The summed E-state index contributed by atoms with van der Waals surface area (Å²) in [6, 6.07) is 5.09. The molecule has 0 saturated carbocycles. The molecule has 0 aliphatic rings. The van der Waals surface area contributed by atoms with E-state index in [2.05, 4.69) is 15.9 Å². The Balaban J connectivity index is 2.92. The number of benzene rings is 1. The van der Waals surface area contributed by atoms with Gasteiger partial charge in [-0.15, -0.1) is 0 Å². The van der Waals surface area contributed by atoms with E-state index in [1.165, 1.54) is 0 Å². The molecule has 0 unspecified atom stereocenters. The highest BCUT2D eigenvalue weighted by molar-refractivity contribution is 9.10. The maximum absolute atomic E-state index is 10.8. The van der Waals surface area contributed by atoms with Crippen molar-refractivity contribution in [2.75, 3.05) is 6.61 Å². The van der Waals surface area contributed by atoms with Crippen molar-refractivity contribution in [3.05, 3.63) is 39.9 Å². The second-order valence-corrected chi connectivity index (χ2v) is 3.81. The fourth-order valence-electron chi connectivity index (χ4n) is 1.10. The number of rotatable bonds is 4. The minimum Gasteiger partial charge on any atom is -0.478 e. The molecule has 0 radical (unpaired) electrons. The van der Waals surface area contributed by atoms with Crippen LogP contribution in [0.1, 0.15) is 22.3 Å². The molecule has 2 N–H and O–H groups in total. The highest BCUT2D eigenvalue weighted by Gasteiger charge is 2.07. The molecule has 0 aliphatic carbocycles. The highest BCUT2D eigenvalue weighted by Crippen LogP contribution is 2.19. The van der Waals surface area contributed by atoms with Gasteiger partial charge < -0.3 is 10.2 Å². The van der Waals surface area contributed by atoms with Gasteiger partial charge in [-0.1, -0.05) is 18.2 Å². The van der Waals surface area contributed by atoms with Crippen LogP contribution in [0.25, 0.3) is 6.08 Å². The van der Waals surface area contributed by atoms with Crippen LogP contribution in [0, 0.1) is 0 Å². The average molecular weight is 271 g/mol. The number of carboxylic acid groups (broad SMARTS) is 1. The lowest BCUT2D eigenvalue weighted by molar-refractivity contribution is 0.0696. The molecule has 0 spiro atoms. The fraction of sp³-hybridized carbons (Fsp3) is 0.182. The Morgan fingerprint density at radius 1 is 1.47 bits per heavy atom. The molecular formula is C11H11BrO3. The van der Waals surface area contributed by atoms with Gasteiger partial charge in [-0.05, 0) is 40.0 Å². The lowest BCUT2D eigenvalue weighted by atomic mass is 10.1. The van der Waals surface area contributed by atoms with E-state index in [1.54, 1.807) is 24.3 Å². The van der Waals surface area contributed by atoms with Crippen LogP contribution in [0.5, 0.6) is 0 Å². The van der Waals surface area contributed by atoms with Crippen LogP contribution in [0.4, 0.5) is 0 Å². The zero-order valence-corrected chi connectivity index (χ0v) is 9.57. The normalized spacial score (nSPS) is 10.8. The molecular weight excluding hydrogens is 260 g/mol. The molecule has 0 aliphatic heterocycles. The van der Waals surface area contributed by atoms with E-state index in [0.29, 0.717) is 10.9 Å². The van der Waals surface area contributed by atoms with Gasteiger partial charge in [-0.25, -0.2) is 4.79 Å². The van der Waals surface area contributed by atoms with Gasteiger partial charge in [0.2, 0.25) is 0 Å². The van der Waals surface area contributed by atoms with Gasteiger partial charge in [0.05, 0.1) is 5.56 Å². The van der Waals surface area contributed by atoms with Gasteiger partial charge in [0.25, 0.3) is 0 Å². The minimum atomic E-state index is -0.959. The lowest BCUT2D eigenvalue weighted by Gasteiger charge is -2.00. The van der Waals surface area contributed by atoms with Gasteiger partial charge in [-0.2, -0.15) is 0 Å². The summed E-state index contributed by atoms with van der Waals surface area (Å²) < 4.78 is 0.564. The van der Waals surface area contributed by atoms with Crippen LogP contribution in [0.3, 0.4) is 0 Å². The molecule has 0 atom stereocenters. The Morgan fingerprint density at radius 2 is 2.20 bits per heavy atom. The summed E-state index contributed by atoms with van der Waals surface area (Å²) in [5.41, 5.74) is 1.05. The van der Waals surface area contributed by atoms with Crippen molar-refractivity contribution in [2.45, 2.75) is 6.42 Å². The number of aromatic carboxylic acids is 1. The van der Waals surface area contributed by atoms with Gasteiger partial charge in [0.1, 0.15) is 0 Å². The average Bonchev–Trinajstić information content (AvgIpc) is 2.20. The van der Waals surface area contributed by atoms with Gasteiger partial charge >= 0.3 is 5.97 Å². The largest absolute Gasteiger partial charge is 0.478 e. The molecule has 0 bridgehead atoms. The van der Waals surface area contributed by atoms with Crippen LogP contribution < -0.4 is 0 Å². The molecule has 0 aromatic heterocycles. The number of halogens is 1. The quantitative estimate of drug-likeness (QED) is 0.884. The van der Waals surface area contributed by atoms with Gasteiger partial charge in [0.15, 0.2) is 0 Å². The maximum Gasteiger partial charge on any atom is 0.336 e. The standard InChI is InChI=1S/C11H11BrO3/c12-10-5-4-8(3-1-2-6-13)7-9(10)11(14)15/h1,3-5,7,13H,2,6H2,(H,14,15). The molecule has 1 aromatic carbocycles. The molecule has 0 amide bonds. The second kappa shape index (κ2) is 5.68. The molecule has 15 heavy (non-hydrogen) atoms. The Labute approximate surface area is 96.2 Å². The maximum atomic E-state index is 10.8. The van der Waals surface area contributed by atoms with Crippen LogP contribution >= 0.6 is 15.9 Å². The Hall–Kier alpha value is -1.13. The summed E-state index contributed by atoms with van der Waals surface area (Å²) in [4.78, 5) is 10.8. The van der Waals surface area contributed by atoms with Crippen molar-refractivity contribution in [2.24, 2.45) is 0 Å². The van der Waals surface area contributed by atoms with Crippen molar-refractivity contribution in [1.82, 2.24) is 0 Å². The van der Waals surface area contributed by atoms with Crippen molar-refractivity contribution in [3.8, 4) is 0 Å². The Bertz CT molecular complexity index is 385. The van der Waals surface area contributed by atoms with E-state index in [-0.39, 0.29) is 12.2 Å². The van der Waals surface area contributed by atoms with E-state index in [1.807, 2.05) is 6.07 Å². The highest BCUT2D eigenvalue weighted by atomic mass is 79.9. The summed E-state index contributed by atoms with van der Waals surface area (Å²) in [5.74, 6) is -0.959. The monoisotopic (exact) mass is 270 g/mol. The lowest BCUT2D eigenvalue weighted by Crippen LogP contribution is -1.97. The molecule has 4 heteroatoms. The third-order valence-corrected chi connectivity index (χ3v) is 2.52. The summed E-state index contributed by atoms with van der Waals surface area (Å²) in [6.07, 6.45) is 4.16. The topological polar surface area (TPSA) is 57.5 Å². The first-order valence-electron chi connectivity index (χ1n) is 4.45. The van der Waals surface area contributed by atoms with E-state index in [9.17, 15) is 4.79 Å². The molecule has 0 fully saturated rings. The first-order chi connectivity index (χ1) is 7.15. The van der Waals surface area contributed by atoms with E-state index in [0.717, 1.165) is 5.56 Å². The first-order valence-corrected chi connectivity index (χ1v) is 5.24. The van der Waals surface area contributed by atoms with Gasteiger partial charge in [0, 0.05) is 11.1 Å². The number of hydrogen-bond acceptors (Lipinski definition) is 2. The molecule has 1 aromatic rings. The van der Waals surface area contributed by atoms with Crippen LogP contribution in [0.15, 0.2) is 28.7 Å². The predicted octanol–water partition coefficient (Wildman–Crippen LogP) is 2.54. The number of carbonyl (C=O) groups is 1.